The van der Waals surface area contributed by atoms with Crippen LogP contribution in [-0.2, 0) is 0 Å². The quantitative estimate of drug-likeness (QED) is 0.648. The number of piperazine rings is 1. The van der Waals surface area contributed by atoms with Gasteiger partial charge in [-0.3, -0.25) is 4.90 Å². The van der Waals surface area contributed by atoms with Gasteiger partial charge < -0.3 is 9.64 Å². The summed E-state index contributed by atoms with van der Waals surface area (Å²) in [4.78, 5) is 4.64. The van der Waals surface area contributed by atoms with Gasteiger partial charge in [0.25, 0.3) is 0 Å². The molecular formula is C18H20Cl2N6O. The van der Waals surface area contributed by atoms with Gasteiger partial charge in [-0.2, -0.15) is 4.52 Å². The molecule has 142 valence electrons. The van der Waals surface area contributed by atoms with Gasteiger partial charge >= 0.3 is 0 Å². The zero-order valence-corrected chi connectivity index (χ0v) is 16.5. The third-order valence-electron chi connectivity index (χ3n) is 4.67. The van der Waals surface area contributed by atoms with Crippen molar-refractivity contribution in [2.24, 2.45) is 0 Å². The number of fused-ring (bicyclic) bond motifs is 1. The average molecular weight is 407 g/mol. The molecule has 7 nitrogen and oxygen atoms in total. The minimum absolute atomic E-state index is 0.540. The van der Waals surface area contributed by atoms with Crippen LogP contribution in [0.5, 0.6) is 5.75 Å². The molecule has 1 fully saturated rings. The molecule has 1 aliphatic heterocycles. The fourth-order valence-corrected chi connectivity index (χ4v) is 3.66. The zero-order chi connectivity index (χ0) is 18.8. The summed E-state index contributed by atoms with van der Waals surface area (Å²) in [6, 6.07) is 9.33. The van der Waals surface area contributed by atoms with Crippen molar-refractivity contribution in [3.63, 3.8) is 0 Å². The Labute approximate surface area is 167 Å². The van der Waals surface area contributed by atoms with Crippen molar-refractivity contribution in [2.75, 3.05) is 44.2 Å². The number of aryl methyl sites for hydroxylation is 1. The van der Waals surface area contributed by atoms with Crippen LogP contribution in [0.3, 0.4) is 0 Å². The predicted molar refractivity (Wildman–Crippen MR) is 106 cm³/mol. The van der Waals surface area contributed by atoms with Crippen molar-refractivity contribution in [1.29, 1.82) is 0 Å². The molecular weight excluding hydrogens is 387 g/mol. The molecule has 3 aromatic rings. The van der Waals surface area contributed by atoms with E-state index in [1.165, 1.54) is 0 Å². The molecule has 3 heterocycles. The summed E-state index contributed by atoms with van der Waals surface area (Å²) >= 11 is 12.3. The highest BCUT2D eigenvalue weighted by Gasteiger charge is 2.19. The molecule has 1 aromatic carbocycles. The van der Waals surface area contributed by atoms with E-state index in [9.17, 15) is 0 Å². The van der Waals surface area contributed by atoms with Gasteiger partial charge in [0.2, 0.25) is 0 Å². The normalized spacial score (nSPS) is 15.4. The molecule has 2 aromatic heterocycles. The Morgan fingerprint density at radius 3 is 2.48 bits per heavy atom. The van der Waals surface area contributed by atoms with Crippen LogP contribution >= 0.6 is 23.2 Å². The van der Waals surface area contributed by atoms with Crippen LogP contribution in [0.1, 0.15) is 5.82 Å². The summed E-state index contributed by atoms with van der Waals surface area (Å²) < 4.78 is 7.57. The summed E-state index contributed by atoms with van der Waals surface area (Å²) in [6.45, 7) is 6.99. The minimum atomic E-state index is 0.540. The largest absolute Gasteiger partial charge is 0.489 e. The number of halogens is 2. The number of aromatic nitrogens is 4. The van der Waals surface area contributed by atoms with Crippen LogP contribution < -0.4 is 9.64 Å². The topological polar surface area (TPSA) is 58.8 Å². The fraction of sp³-hybridized carbons (Fsp3) is 0.389. The van der Waals surface area contributed by atoms with E-state index in [1.807, 2.05) is 25.1 Å². The van der Waals surface area contributed by atoms with Crippen molar-refractivity contribution in [3.8, 4) is 5.75 Å². The highest BCUT2D eigenvalue weighted by molar-refractivity contribution is 6.37. The average Bonchev–Trinajstić information content (AvgIpc) is 3.05. The number of nitrogens with zero attached hydrogens (tertiary/aromatic N) is 6. The first-order valence-corrected chi connectivity index (χ1v) is 9.60. The Morgan fingerprint density at radius 1 is 1.00 bits per heavy atom. The van der Waals surface area contributed by atoms with Gasteiger partial charge in [0.05, 0.1) is 10.0 Å². The van der Waals surface area contributed by atoms with E-state index < -0.39 is 0 Å². The fourth-order valence-electron chi connectivity index (χ4n) is 3.15. The van der Waals surface area contributed by atoms with E-state index in [4.69, 9.17) is 27.9 Å². The monoisotopic (exact) mass is 406 g/mol. The molecule has 0 bridgehead atoms. The lowest BCUT2D eigenvalue weighted by atomic mass is 10.3. The molecule has 0 aliphatic carbocycles. The number of rotatable bonds is 5. The second-order valence-electron chi connectivity index (χ2n) is 6.44. The van der Waals surface area contributed by atoms with Crippen LogP contribution in [0.15, 0.2) is 30.3 Å². The van der Waals surface area contributed by atoms with Gasteiger partial charge in [0.15, 0.2) is 17.2 Å². The van der Waals surface area contributed by atoms with E-state index in [0.717, 1.165) is 50.0 Å². The van der Waals surface area contributed by atoms with Crippen LogP contribution in [0, 0.1) is 6.92 Å². The van der Waals surface area contributed by atoms with E-state index >= 15 is 0 Å². The van der Waals surface area contributed by atoms with Crippen molar-refractivity contribution in [1.82, 2.24) is 24.7 Å². The number of anilines is 1. The first-order chi connectivity index (χ1) is 13.1. The molecule has 0 N–H and O–H groups in total. The van der Waals surface area contributed by atoms with Crippen molar-refractivity contribution in [3.05, 3.63) is 46.2 Å². The van der Waals surface area contributed by atoms with E-state index in [1.54, 1.807) is 16.6 Å². The lowest BCUT2D eigenvalue weighted by molar-refractivity contribution is 0.200. The molecule has 0 spiro atoms. The second kappa shape index (κ2) is 7.88. The van der Waals surface area contributed by atoms with Crippen LogP contribution in [0.2, 0.25) is 10.0 Å². The third-order valence-corrected chi connectivity index (χ3v) is 5.27. The van der Waals surface area contributed by atoms with Crippen molar-refractivity contribution < 1.29 is 4.74 Å². The Hall–Kier alpha value is -2.09. The molecule has 0 atom stereocenters. The lowest BCUT2D eigenvalue weighted by Crippen LogP contribution is -2.47. The number of para-hydroxylation sites is 1. The van der Waals surface area contributed by atoms with Crippen LogP contribution in [0.4, 0.5) is 5.82 Å². The number of hydrogen-bond acceptors (Lipinski definition) is 6. The molecule has 9 heteroatoms. The van der Waals surface area contributed by atoms with Gasteiger partial charge in [0.1, 0.15) is 12.4 Å². The smallest absolute Gasteiger partial charge is 0.178 e. The number of hydrogen-bond donors (Lipinski definition) is 0. The third kappa shape index (κ3) is 3.95. The molecule has 0 saturated carbocycles. The minimum Gasteiger partial charge on any atom is -0.489 e. The SMILES string of the molecule is Cc1nnc2ccc(N3CCN(CCOc4c(Cl)cccc4Cl)CC3)nn12. The Balaban J connectivity index is 1.30. The molecule has 0 unspecified atom stereocenters. The highest BCUT2D eigenvalue weighted by Crippen LogP contribution is 2.32. The number of ether oxygens (including phenoxy) is 1. The summed E-state index contributed by atoms with van der Waals surface area (Å²) in [5.41, 5.74) is 0.769. The predicted octanol–water partition coefficient (Wildman–Crippen LogP) is 2.94. The maximum atomic E-state index is 6.13. The summed E-state index contributed by atoms with van der Waals surface area (Å²) in [6.07, 6.45) is 0. The zero-order valence-electron chi connectivity index (χ0n) is 15.0. The highest BCUT2D eigenvalue weighted by atomic mass is 35.5. The van der Waals surface area contributed by atoms with Crippen molar-refractivity contribution >= 4 is 34.7 Å². The van der Waals surface area contributed by atoms with E-state index in [2.05, 4.69) is 25.1 Å². The number of benzene rings is 1. The second-order valence-corrected chi connectivity index (χ2v) is 7.25. The molecule has 4 rings (SSSR count). The molecule has 0 radical (unpaired) electrons. The molecule has 1 saturated heterocycles. The molecule has 27 heavy (non-hydrogen) atoms. The lowest BCUT2D eigenvalue weighted by Gasteiger charge is -2.35. The van der Waals surface area contributed by atoms with Gasteiger partial charge in [0, 0.05) is 32.7 Å². The summed E-state index contributed by atoms with van der Waals surface area (Å²) in [5, 5.41) is 13.9. The van der Waals surface area contributed by atoms with Crippen LogP contribution in [-0.4, -0.2) is 64.0 Å². The molecule has 0 amide bonds. The Bertz CT molecular complexity index is 918. The standard InChI is InChI=1S/C18H20Cl2N6O/c1-13-21-22-16-5-6-17(23-26(13)16)25-9-7-24(8-10-25)11-12-27-18-14(19)3-2-4-15(18)20/h2-6H,7-12H2,1H3. The van der Waals surface area contributed by atoms with Crippen LogP contribution in [0.25, 0.3) is 5.65 Å². The maximum absolute atomic E-state index is 6.13. The van der Waals surface area contributed by atoms with E-state index in [0.29, 0.717) is 22.4 Å². The summed E-state index contributed by atoms with van der Waals surface area (Å²) in [7, 11) is 0. The van der Waals surface area contributed by atoms with Gasteiger partial charge in [-0.1, -0.05) is 29.3 Å². The van der Waals surface area contributed by atoms with E-state index in [-0.39, 0.29) is 0 Å². The van der Waals surface area contributed by atoms with Gasteiger partial charge in [-0.25, -0.2) is 0 Å². The Morgan fingerprint density at radius 2 is 1.74 bits per heavy atom. The first-order valence-electron chi connectivity index (χ1n) is 8.85. The first kappa shape index (κ1) is 18.3. The van der Waals surface area contributed by atoms with Gasteiger partial charge in [-0.15, -0.1) is 15.3 Å². The Kier molecular flexibility index (Phi) is 5.33. The van der Waals surface area contributed by atoms with Crippen molar-refractivity contribution in [2.45, 2.75) is 6.92 Å². The summed E-state index contributed by atoms with van der Waals surface area (Å²) in [5.74, 6) is 2.30. The molecule has 1 aliphatic rings. The maximum Gasteiger partial charge on any atom is 0.178 e. The van der Waals surface area contributed by atoms with Gasteiger partial charge in [-0.05, 0) is 31.2 Å².